The summed E-state index contributed by atoms with van der Waals surface area (Å²) in [7, 11) is 0. The van der Waals surface area contributed by atoms with E-state index in [-0.39, 0.29) is 0 Å². The van der Waals surface area contributed by atoms with Gasteiger partial charge in [0, 0.05) is 17.7 Å². The fourth-order valence-electron chi connectivity index (χ4n) is 2.73. The van der Waals surface area contributed by atoms with Gasteiger partial charge in [-0.15, -0.1) is 0 Å². The van der Waals surface area contributed by atoms with Crippen molar-refractivity contribution in [1.29, 1.82) is 0 Å². The molecule has 1 amide bonds. The van der Waals surface area contributed by atoms with Crippen molar-refractivity contribution in [2.75, 3.05) is 11.4 Å². The SMILES string of the molecule is [N-]=[N+]=N[C@H](C(=O)N1CCc2cccnc21)[C@H](O)c1ccc(F)cc1. The van der Waals surface area contributed by atoms with Crippen LogP contribution < -0.4 is 4.90 Å². The predicted octanol–water partition coefficient (Wildman–Crippen LogP) is 2.52. The van der Waals surface area contributed by atoms with Crippen molar-refractivity contribution in [3.05, 3.63) is 70.0 Å². The number of fused-ring (bicyclic) bond motifs is 1. The van der Waals surface area contributed by atoms with Gasteiger partial charge in [-0.2, -0.15) is 0 Å². The van der Waals surface area contributed by atoms with Crippen molar-refractivity contribution in [1.82, 2.24) is 4.98 Å². The Labute approximate surface area is 137 Å². The van der Waals surface area contributed by atoms with E-state index < -0.39 is 23.9 Å². The number of halogens is 1. The minimum atomic E-state index is -1.37. The topological polar surface area (TPSA) is 102 Å². The van der Waals surface area contributed by atoms with E-state index in [0.29, 0.717) is 24.3 Å². The van der Waals surface area contributed by atoms with Gasteiger partial charge in [0.25, 0.3) is 0 Å². The Hall–Kier alpha value is -2.96. The highest BCUT2D eigenvalue weighted by molar-refractivity contribution is 5.98. The molecule has 2 aromatic rings. The van der Waals surface area contributed by atoms with Crippen molar-refractivity contribution in [3.8, 4) is 0 Å². The number of rotatable bonds is 4. The summed E-state index contributed by atoms with van der Waals surface area (Å²) < 4.78 is 13.0. The van der Waals surface area contributed by atoms with E-state index in [1.54, 1.807) is 12.3 Å². The Morgan fingerprint density at radius 1 is 1.38 bits per heavy atom. The van der Waals surface area contributed by atoms with Crippen LogP contribution in [-0.4, -0.2) is 28.6 Å². The van der Waals surface area contributed by atoms with Gasteiger partial charge < -0.3 is 5.11 Å². The van der Waals surface area contributed by atoms with Gasteiger partial charge >= 0.3 is 0 Å². The fourth-order valence-corrected chi connectivity index (χ4v) is 2.73. The average Bonchev–Trinajstić information content (AvgIpc) is 3.03. The van der Waals surface area contributed by atoms with E-state index in [1.165, 1.54) is 29.2 Å². The molecule has 3 rings (SSSR count). The summed E-state index contributed by atoms with van der Waals surface area (Å²) in [6.45, 7) is 0.402. The Morgan fingerprint density at radius 3 is 2.83 bits per heavy atom. The van der Waals surface area contributed by atoms with Crippen LogP contribution in [0, 0.1) is 5.82 Å². The summed E-state index contributed by atoms with van der Waals surface area (Å²) in [6.07, 6.45) is 0.843. The second kappa shape index (κ2) is 6.66. The van der Waals surface area contributed by atoms with E-state index in [4.69, 9.17) is 5.53 Å². The zero-order valence-electron chi connectivity index (χ0n) is 12.6. The summed E-state index contributed by atoms with van der Waals surface area (Å²) in [5.41, 5.74) is 9.98. The van der Waals surface area contributed by atoms with Crippen LogP contribution in [0.3, 0.4) is 0 Å². The number of anilines is 1. The number of aromatic nitrogens is 1. The maximum absolute atomic E-state index is 13.0. The number of benzene rings is 1. The number of carbonyl (C=O) groups is 1. The standard InChI is InChI=1S/C16H14FN5O2/c17-12-5-3-10(4-6-12)14(23)13(20-21-18)16(24)22-9-7-11-2-1-8-19-15(11)22/h1-6,8,13-14,23H,7,9H2/t13-,14+/m0/s1. The molecule has 8 heteroatoms. The molecule has 1 aliphatic heterocycles. The first-order valence-electron chi connectivity index (χ1n) is 7.35. The molecule has 1 aromatic heterocycles. The van der Waals surface area contributed by atoms with Crippen LogP contribution in [0.1, 0.15) is 17.2 Å². The minimum absolute atomic E-state index is 0.294. The first-order valence-corrected chi connectivity index (χ1v) is 7.35. The van der Waals surface area contributed by atoms with Crippen LogP contribution in [0.15, 0.2) is 47.7 Å². The normalized spacial score (nSPS) is 15.3. The van der Waals surface area contributed by atoms with Gasteiger partial charge in [-0.05, 0) is 41.3 Å². The maximum Gasteiger partial charge on any atom is 0.240 e. The Balaban J connectivity index is 1.90. The number of pyridine rings is 1. The molecular weight excluding hydrogens is 313 g/mol. The van der Waals surface area contributed by atoms with Gasteiger partial charge in [-0.1, -0.05) is 23.3 Å². The molecule has 1 aliphatic rings. The molecule has 0 saturated heterocycles. The molecule has 122 valence electrons. The number of amides is 1. The van der Waals surface area contributed by atoms with Crippen molar-refractivity contribution in [2.24, 2.45) is 5.11 Å². The summed E-state index contributed by atoms with van der Waals surface area (Å²) in [4.78, 5) is 21.0. The summed E-state index contributed by atoms with van der Waals surface area (Å²) in [5, 5.41) is 13.9. The molecular formula is C16H14FN5O2. The van der Waals surface area contributed by atoms with Gasteiger partial charge in [-0.3, -0.25) is 9.69 Å². The number of carbonyl (C=O) groups excluding carboxylic acids is 1. The third kappa shape index (κ3) is 2.92. The summed E-state index contributed by atoms with van der Waals surface area (Å²) in [6, 6.07) is 7.34. The minimum Gasteiger partial charge on any atom is -0.387 e. The lowest BCUT2D eigenvalue weighted by Gasteiger charge is -2.24. The molecule has 0 fully saturated rings. The van der Waals surface area contributed by atoms with Crippen LogP contribution in [0.25, 0.3) is 10.4 Å². The van der Waals surface area contributed by atoms with Crippen LogP contribution in [0.5, 0.6) is 0 Å². The molecule has 2 atom stereocenters. The smallest absolute Gasteiger partial charge is 0.240 e. The Bertz CT molecular complexity index is 804. The molecule has 0 aliphatic carbocycles. The monoisotopic (exact) mass is 327 g/mol. The van der Waals surface area contributed by atoms with Crippen molar-refractivity contribution in [2.45, 2.75) is 18.6 Å². The Kier molecular flexibility index (Phi) is 4.41. The lowest BCUT2D eigenvalue weighted by atomic mass is 10.0. The lowest BCUT2D eigenvalue weighted by molar-refractivity contribution is -0.122. The van der Waals surface area contributed by atoms with Crippen molar-refractivity contribution in [3.63, 3.8) is 0 Å². The van der Waals surface area contributed by atoms with Crippen LogP contribution in [0.2, 0.25) is 0 Å². The highest BCUT2D eigenvalue weighted by atomic mass is 19.1. The van der Waals surface area contributed by atoms with E-state index in [0.717, 1.165) is 5.56 Å². The number of hydrogen-bond acceptors (Lipinski definition) is 4. The highest BCUT2D eigenvalue weighted by Gasteiger charge is 2.35. The number of azide groups is 1. The van der Waals surface area contributed by atoms with E-state index in [2.05, 4.69) is 15.0 Å². The van der Waals surface area contributed by atoms with E-state index in [9.17, 15) is 14.3 Å². The Morgan fingerprint density at radius 2 is 2.12 bits per heavy atom. The molecule has 0 bridgehead atoms. The molecule has 0 unspecified atom stereocenters. The summed E-state index contributed by atoms with van der Waals surface area (Å²) in [5.74, 6) is -0.496. The third-order valence-corrected chi connectivity index (χ3v) is 3.93. The van der Waals surface area contributed by atoms with Crippen LogP contribution in [0.4, 0.5) is 10.2 Å². The number of aliphatic hydroxyl groups excluding tert-OH is 1. The maximum atomic E-state index is 13.0. The molecule has 24 heavy (non-hydrogen) atoms. The van der Waals surface area contributed by atoms with Gasteiger partial charge in [0.2, 0.25) is 5.91 Å². The second-order valence-corrected chi connectivity index (χ2v) is 5.37. The van der Waals surface area contributed by atoms with Crippen LogP contribution in [-0.2, 0) is 11.2 Å². The first-order chi connectivity index (χ1) is 11.6. The van der Waals surface area contributed by atoms with E-state index in [1.807, 2.05) is 6.07 Å². The average molecular weight is 327 g/mol. The van der Waals surface area contributed by atoms with Gasteiger partial charge in [0.1, 0.15) is 17.7 Å². The zero-order valence-corrected chi connectivity index (χ0v) is 12.6. The van der Waals surface area contributed by atoms with Crippen LogP contribution >= 0.6 is 0 Å². The molecule has 0 saturated carbocycles. The predicted molar refractivity (Wildman–Crippen MR) is 84.6 cm³/mol. The third-order valence-electron chi connectivity index (χ3n) is 3.93. The first kappa shape index (κ1) is 15.9. The van der Waals surface area contributed by atoms with Gasteiger partial charge in [0.15, 0.2) is 0 Å². The van der Waals surface area contributed by atoms with Gasteiger partial charge in [-0.25, -0.2) is 9.37 Å². The van der Waals surface area contributed by atoms with Crippen molar-refractivity contribution >= 4 is 11.7 Å². The number of nitrogens with zero attached hydrogens (tertiary/aromatic N) is 5. The lowest BCUT2D eigenvalue weighted by Crippen LogP contribution is -2.40. The fraction of sp³-hybridized carbons (Fsp3) is 0.250. The number of aliphatic hydroxyl groups is 1. The van der Waals surface area contributed by atoms with Gasteiger partial charge in [0.05, 0.1) is 6.10 Å². The quantitative estimate of drug-likeness (QED) is 0.530. The zero-order chi connectivity index (χ0) is 17.1. The van der Waals surface area contributed by atoms with Crippen molar-refractivity contribution < 1.29 is 14.3 Å². The molecule has 0 spiro atoms. The molecule has 2 heterocycles. The number of hydrogen-bond donors (Lipinski definition) is 1. The molecule has 0 radical (unpaired) electrons. The molecule has 1 aromatic carbocycles. The second-order valence-electron chi connectivity index (χ2n) is 5.37. The molecule has 7 nitrogen and oxygen atoms in total. The highest BCUT2D eigenvalue weighted by Crippen LogP contribution is 2.29. The largest absolute Gasteiger partial charge is 0.387 e. The van der Waals surface area contributed by atoms with E-state index >= 15 is 0 Å². The molecule has 1 N–H and O–H groups in total. The summed E-state index contributed by atoms with van der Waals surface area (Å²) >= 11 is 0.